The first-order chi connectivity index (χ1) is 9.51. The largest absolute Gasteiger partial charge is 0.460 e. The smallest absolute Gasteiger partial charge is 0.374 e. The van der Waals surface area contributed by atoms with Crippen LogP contribution in [0.5, 0.6) is 0 Å². The molecule has 0 aliphatic carbocycles. The Kier molecular flexibility index (Phi) is 3.83. The zero-order valence-corrected chi connectivity index (χ0v) is 11.5. The average molecular weight is 277 g/mol. The molecule has 8 nitrogen and oxygen atoms in total. The van der Waals surface area contributed by atoms with Crippen LogP contribution in [0.15, 0.2) is 18.7 Å². The van der Waals surface area contributed by atoms with Crippen LogP contribution < -0.4 is 5.32 Å². The molecule has 0 aliphatic rings. The number of imidazole rings is 2. The van der Waals surface area contributed by atoms with Crippen LogP contribution in [0, 0.1) is 0 Å². The minimum Gasteiger partial charge on any atom is -0.460 e. The van der Waals surface area contributed by atoms with Crippen LogP contribution >= 0.6 is 0 Å². The number of hydrogen-bond donors (Lipinski definition) is 1. The van der Waals surface area contributed by atoms with Gasteiger partial charge in [0.15, 0.2) is 5.82 Å². The van der Waals surface area contributed by atoms with Gasteiger partial charge < -0.3 is 19.2 Å². The van der Waals surface area contributed by atoms with Crippen LogP contribution in [0.3, 0.4) is 0 Å². The van der Waals surface area contributed by atoms with Gasteiger partial charge in [-0.25, -0.2) is 14.8 Å². The van der Waals surface area contributed by atoms with Crippen molar-refractivity contribution in [3.05, 3.63) is 30.2 Å². The van der Waals surface area contributed by atoms with Crippen molar-refractivity contribution in [3.63, 3.8) is 0 Å². The summed E-state index contributed by atoms with van der Waals surface area (Å²) in [4.78, 5) is 31.4. The molecule has 106 valence electrons. The van der Waals surface area contributed by atoms with E-state index in [1.165, 1.54) is 17.1 Å². The number of aromatic nitrogens is 4. The van der Waals surface area contributed by atoms with Gasteiger partial charge in [-0.3, -0.25) is 4.79 Å². The standard InChI is InChI=1S/C12H15N5O3/c1-4-20-12(19)10-14-9(6-17(10)3)15-11(18)8-5-16(2)7-13-8/h5-7H,4H2,1-3H3,(H,15,18). The monoisotopic (exact) mass is 277 g/mol. The molecule has 0 bridgehead atoms. The second-order valence-electron chi connectivity index (χ2n) is 4.16. The van der Waals surface area contributed by atoms with Crippen molar-refractivity contribution in [1.82, 2.24) is 19.1 Å². The average Bonchev–Trinajstić information content (AvgIpc) is 2.96. The molecular formula is C12H15N5O3. The van der Waals surface area contributed by atoms with Crippen molar-refractivity contribution in [3.8, 4) is 0 Å². The van der Waals surface area contributed by atoms with E-state index in [0.717, 1.165) is 0 Å². The highest BCUT2D eigenvalue weighted by Gasteiger charge is 2.17. The molecular weight excluding hydrogens is 262 g/mol. The van der Waals surface area contributed by atoms with Crippen LogP contribution in [0.25, 0.3) is 0 Å². The number of rotatable bonds is 4. The Morgan fingerprint density at radius 2 is 2.10 bits per heavy atom. The van der Waals surface area contributed by atoms with Crippen LogP contribution in [-0.4, -0.2) is 37.6 Å². The highest BCUT2D eigenvalue weighted by molar-refractivity contribution is 6.02. The van der Waals surface area contributed by atoms with Crippen molar-refractivity contribution in [2.75, 3.05) is 11.9 Å². The first-order valence-corrected chi connectivity index (χ1v) is 6.01. The second kappa shape index (κ2) is 5.55. The van der Waals surface area contributed by atoms with Gasteiger partial charge in [-0.1, -0.05) is 0 Å². The Bertz CT molecular complexity index is 643. The van der Waals surface area contributed by atoms with E-state index in [1.807, 2.05) is 0 Å². The molecule has 0 radical (unpaired) electrons. The lowest BCUT2D eigenvalue weighted by molar-refractivity contribution is 0.0508. The summed E-state index contributed by atoms with van der Waals surface area (Å²) < 4.78 is 8.02. The Labute approximate surface area is 115 Å². The predicted octanol–water partition coefficient (Wildman–Crippen LogP) is 0.583. The molecule has 2 aromatic heterocycles. The fourth-order valence-corrected chi connectivity index (χ4v) is 1.62. The minimum atomic E-state index is -0.534. The second-order valence-corrected chi connectivity index (χ2v) is 4.16. The molecule has 1 N–H and O–H groups in total. The minimum absolute atomic E-state index is 0.128. The summed E-state index contributed by atoms with van der Waals surface area (Å²) in [6.07, 6.45) is 4.65. The molecule has 2 aromatic rings. The highest BCUT2D eigenvalue weighted by atomic mass is 16.5. The highest BCUT2D eigenvalue weighted by Crippen LogP contribution is 2.09. The van der Waals surface area contributed by atoms with Gasteiger partial charge in [0.2, 0.25) is 5.82 Å². The van der Waals surface area contributed by atoms with Crippen molar-refractivity contribution >= 4 is 17.7 Å². The lowest BCUT2D eigenvalue weighted by atomic mass is 10.4. The Morgan fingerprint density at radius 1 is 1.35 bits per heavy atom. The summed E-state index contributed by atoms with van der Waals surface area (Å²) in [5.74, 6) is -0.526. The molecule has 2 heterocycles. The van der Waals surface area contributed by atoms with Gasteiger partial charge in [0.1, 0.15) is 5.69 Å². The first-order valence-electron chi connectivity index (χ1n) is 6.01. The van der Waals surface area contributed by atoms with E-state index in [0.29, 0.717) is 0 Å². The number of aryl methyl sites for hydroxylation is 2. The summed E-state index contributed by atoms with van der Waals surface area (Å²) in [7, 11) is 3.42. The third-order valence-corrected chi connectivity index (χ3v) is 2.51. The number of amides is 1. The summed E-state index contributed by atoms with van der Waals surface area (Å²) in [5.41, 5.74) is 0.274. The first kappa shape index (κ1) is 13.8. The van der Waals surface area contributed by atoms with E-state index in [4.69, 9.17) is 4.74 Å². The van der Waals surface area contributed by atoms with Crippen molar-refractivity contribution in [1.29, 1.82) is 0 Å². The normalized spacial score (nSPS) is 10.3. The number of nitrogens with one attached hydrogen (secondary N) is 1. The molecule has 0 aromatic carbocycles. The topological polar surface area (TPSA) is 91.0 Å². The Balaban J connectivity index is 2.12. The maximum absolute atomic E-state index is 11.9. The van der Waals surface area contributed by atoms with Gasteiger partial charge >= 0.3 is 5.97 Å². The number of ether oxygens (including phenoxy) is 1. The Hall–Kier alpha value is -2.64. The van der Waals surface area contributed by atoms with Gasteiger partial charge in [0.25, 0.3) is 5.91 Å². The number of hydrogen-bond acceptors (Lipinski definition) is 5. The number of nitrogens with zero attached hydrogens (tertiary/aromatic N) is 4. The van der Waals surface area contributed by atoms with Gasteiger partial charge in [-0.05, 0) is 6.92 Å². The van der Waals surface area contributed by atoms with E-state index in [2.05, 4.69) is 15.3 Å². The van der Waals surface area contributed by atoms with Crippen molar-refractivity contribution < 1.29 is 14.3 Å². The molecule has 8 heteroatoms. The molecule has 0 aliphatic heterocycles. The molecule has 0 spiro atoms. The van der Waals surface area contributed by atoms with Gasteiger partial charge in [-0.15, -0.1) is 0 Å². The summed E-state index contributed by atoms with van der Waals surface area (Å²) >= 11 is 0. The maximum atomic E-state index is 11.9. The lowest BCUT2D eigenvalue weighted by Crippen LogP contribution is -2.13. The summed E-state index contributed by atoms with van der Waals surface area (Å²) in [5, 5.41) is 2.58. The zero-order chi connectivity index (χ0) is 14.7. The van der Waals surface area contributed by atoms with Crippen LogP contribution in [0.2, 0.25) is 0 Å². The fraction of sp³-hybridized carbons (Fsp3) is 0.333. The summed E-state index contributed by atoms with van der Waals surface area (Å²) in [6, 6.07) is 0. The Morgan fingerprint density at radius 3 is 2.70 bits per heavy atom. The SMILES string of the molecule is CCOC(=O)c1nc(NC(=O)c2cn(C)cn2)cn1C. The van der Waals surface area contributed by atoms with E-state index in [9.17, 15) is 9.59 Å². The molecule has 0 saturated heterocycles. The van der Waals surface area contributed by atoms with E-state index in [-0.39, 0.29) is 29.9 Å². The zero-order valence-electron chi connectivity index (χ0n) is 11.5. The van der Waals surface area contributed by atoms with Crippen molar-refractivity contribution in [2.24, 2.45) is 14.1 Å². The van der Waals surface area contributed by atoms with Crippen LogP contribution in [-0.2, 0) is 18.8 Å². The van der Waals surface area contributed by atoms with Crippen LogP contribution in [0.4, 0.5) is 5.82 Å². The fourth-order valence-electron chi connectivity index (χ4n) is 1.62. The quantitative estimate of drug-likeness (QED) is 0.825. The molecule has 1 amide bonds. The molecule has 0 atom stereocenters. The molecule has 0 fully saturated rings. The number of anilines is 1. The predicted molar refractivity (Wildman–Crippen MR) is 70.3 cm³/mol. The molecule has 0 saturated carbocycles. The number of carbonyl (C=O) groups excluding carboxylic acids is 2. The van der Waals surface area contributed by atoms with Crippen LogP contribution in [0.1, 0.15) is 28.0 Å². The molecule has 20 heavy (non-hydrogen) atoms. The maximum Gasteiger partial charge on any atom is 0.374 e. The molecule has 0 unspecified atom stereocenters. The third-order valence-electron chi connectivity index (χ3n) is 2.51. The number of esters is 1. The lowest BCUT2D eigenvalue weighted by Gasteiger charge is -1.99. The van der Waals surface area contributed by atoms with E-state index in [1.54, 1.807) is 31.8 Å². The summed E-state index contributed by atoms with van der Waals surface area (Å²) in [6.45, 7) is 1.98. The van der Waals surface area contributed by atoms with Gasteiger partial charge in [-0.2, -0.15) is 0 Å². The van der Waals surface area contributed by atoms with Crippen molar-refractivity contribution in [2.45, 2.75) is 6.92 Å². The molecule has 2 rings (SSSR count). The van der Waals surface area contributed by atoms with Gasteiger partial charge in [0.05, 0.1) is 12.9 Å². The van der Waals surface area contributed by atoms with E-state index < -0.39 is 5.97 Å². The number of carbonyl (C=O) groups is 2. The van der Waals surface area contributed by atoms with Gasteiger partial charge in [0, 0.05) is 26.5 Å². The third kappa shape index (κ3) is 2.85. The van der Waals surface area contributed by atoms with E-state index >= 15 is 0 Å².